The van der Waals surface area contributed by atoms with Crippen LogP contribution in [0, 0.1) is 0 Å². The molecule has 0 aliphatic heterocycles. The van der Waals surface area contributed by atoms with Crippen LogP contribution in [0.5, 0.6) is 0 Å². The molecule has 0 aliphatic rings. The molecule has 1 rings (SSSR count). The van der Waals surface area contributed by atoms with E-state index >= 15 is 0 Å². The topological polar surface area (TPSA) is 43.4 Å². The maximum atomic E-state index is 11.7. The molecular weight excluding hydrogens is 319 g/mol. The fraction of sp³-hybridized carbons (Fsp3) is 0.385. The van der Waals surface area contributed by atoms with Gasteiger partial charge in [-0.3, -0.25) is 0 Å². The molecule has 0 heterocycles. The fourth-order valence-corrected chi connectivity index (χ4v) is 3.30. The average Bonchev–Trinajstić information content (AvgIpc) is 2.27. The van der Waals surface area contributed by atoms with Crippen molar-refractivity contribution in [1.82, 2.24) is 0 Å². The zero-order valence-corrected chi connectivity index (χ0v) is 12.9. The van der Waals surface area contributed by atoms with Crippen molar-refractivity contribution in [2.75, 3.05) is 0 Å². The van der Waals surface area contributed by atoms with Gasteiger partial charge in [0.2, 0.25) is 0 Å². The van der Waals surface area contributed by atoms with E-state index in [0.29, 0.717) is 0 Å². The van der Waals surface area contributed by atoms with Crippen molar-refractivity contribution >= 4 is 42.8 Å². The number of hydrogen-bond donors (Lipinski definition) is 0. The van der Waals surface area contributed by atoms with Gasteiger partial charge in [0.25, 0.3) is 0 Å². The van der Waals surface area contributed by atoms with Gasteiger partial charge < -0.3 is 0 Å². The van der Waals surface area contributed by atoms with Gasteiger partial charge >= 0.3 is 118 Å². The molecule has 0 bridgehead atoms. The second-order valence-electron chi connectivity index (χ2n) is 4.61. The summed E-state index contributed by atoms with van der Waals surface area (Å²) < 4.78 is 5.15. The first-order valence-corrected chi connectivity index (χ1v) is 7.71. The number of carbonyl (C=O) groups excluding carboxylic acids is 2. The van der Waals surface area contributed by atoms with E-state index in [1.54, 1.807) is 20.8 Å². The summed E-state index contributed by atoms with van der Waals surface area (Å²) in [6.45, 7) is 5.14. The van der Waals surface area contributed by atoms with Crippen LogP contribution >= 0.6 is 11.6 Å². The fourth-order valence-electron chi connectivity index (χ4n) is 1.09. The Morgan fingerprint density at radius 3 is 2.28 bits per heavy atom. The van der Waals surface area contributed by atoms with E-state index in [9.17, 15) is 9.59 Å². The molecule has 0 saturated carbocycles. The van der Waals surface area contributed by atoms with Crippen LogP contribution in [0.2, 0.25) is 0 Å². The van der Waals surface area contributed by atoms with E-state index in [4.69, 9.17) is 16.3 Å². The second kappa shape index (κ2) is 6.37. The normalized spacial score (nSPS) is 12.9. The SMILES string of the molecule is CC(C)(C)OC(=O)C(=O)C(Cl)[Se]c1ccccc1. The van der Waals surface area contributed by atoms with Gasteiger partial charge in [0, 0.05) is 0 Å². The summed E-state index contributed by atoms with van der Waals surface area (Å²) >= 11 is 5.69. The first kappa shape index (κ1) is 15.2. The molecule has 1 unspecified atom stereocenters. The van der Waals surface area contributed by atoms with Crippen LogP contribution in [-0.4, -0.2) is 36.6 Å². The molecule has 0 N–H and O–H groups in total. The summed E-state index contributed by atoms with van der Waals surface area (Å²) in [5.74, 6) is -1.53. The number of rotatable bonds is 4. The van der Waals surface area contributed by atoms with E-state index in [0.717, 1.165) is 4.46 Å². The molecule has 98 valence electrons. The predicted molar refractivity (Wildman–Crippen MR) is 72.3 cm³/mol. The van der Waals surface area contributed by atoms with Crippen LogP contribution in [0.1, 0.15) is 20.8 Å². The van der Waals surface area contributed by atoms with Crippen molar-refractivity contribution in [2.45, 2.75) is 30.6 Å². The van der Waals surface area contributed by atoms with Crippen LogP contribution in [-0.2, 0) is 14.3 Å². The summed E-state index contributed by atoms with van der Waals surface area (Å²) in [6.07, 6.45) is 0. The predicted octanol–water partition coefficient (Wildman–Crippen LogP) is 1.49. The molecule has 0 radical (unpaired) electrons. The van der Waals surface area contributed by atoms with Crippen molar-refractivity contribution in [1.29, 1.82) is 0 Å². The number of ether oxygens (including phenoxy) is 1. The van der Waals surface area contributed by atoms with E-state index in [2.05, 4.69) is 0 Å². The van der Waals surface area contributed by atoms with E-state index in [1.807, 2.05) is 30.3 Å². The monoisotopic (exact) mass is 334 g/mol. The molecule has 0 amide bonds. The minimum atomic E-state index is -0.861. The number of halogens is 1. The minimum absolute atomic E-state index is 0.281. The number of esters is 1. The molecule has 1 aromatic carbocycles. The van der Waals surface area contributed by atoms with E-state index in [-0.39, 0.29) is 15.0 Å². The average molecular weight is 334 g/mol. The second-order valence-corrected chi connectivity index (χ2v) is 8.11. The molecule has 18 heavy (non-hydrogen) atoms. The molecular formula is C13H15ClO3Se. The third-order valence-corrected chi connectivity index (χ3v) is 4.48. The third kappa shape index (κ3) is 5.21. The molecule has 0 spiro atoms. The molecule has 0 saturated heterocycles. The van der Waals surface area contributed by atoms with Crippen molar-refractivity contribution in [3.63, 3.8) is 0 Å². The molecule has 3 nitrogen and oxygen atoms in total. The zero-order valence-electron chi connectivity index (χ0n) is 10.5. The van der Waals surface area contributed by atoms with Crippen molar-refractivity contribution in [3.05, 3.63) is 30.3 Å². The Balaban J connectivity index is 2.59. The molecule has 0 aromatic heterocycles. The third-order valence-electron chi connectivity index (χ3n) is 1.79. The Labute approximate surface area is 118 Å². The van der Waals surface area contributed by atoms with Gasteiger partial charge in [0.1, 0.15) is 0 Å². The van der Waals surface area contributed by atoms with E-state index < -0.39 is 21.6 Å². The van der Waals surface area contributed by atoms with Crippen LogP contribution in [0.3, 0.4) is 0 Å². The van der Waals surface area contributed by atoms with Gasteiger partial charge in [-0.1, -0.05) is 0 Å². The van der Waals surface area contributed by atoms with Crippen molar-refractivity contribution in [2.24, 2.45) is 0 Å². The van der Waals surface area contributed by atoms with Crippen LogP contribution < -0.4 is 4.46 Å². The molecule has 5 heteroatoms. The van der Waals surface area contributed by atoms with Gasteiger partial charge in [-0.05, 0) is 0 Å². The Bertz CT molecular complexity index is 426. The Kier molecular flexibility index (Phi) is 5.39. The number of ketones is 1. The van der Waals surface area contributed by atoms with Crippen LogP contribution in [0.25, 0.3) is 0 Å². The number of Topliss-reactive ketones (excluding diaryl/α,β-unsaturated/α-hetero) is 1. The van der Waals surface area contributed by atoms with E-state index in [1.165, 1.54) is 0 Å². The van der Waals surface area contributed by atoms with Crippen LogP contribution in [0.4, 0.5) is 0 Å². The van der Waals surface area contributed by atoms with Gasteiger partial charge in [0.05, 0.1) is 0 Å². The van der Waals surface area contributed by atoms with Gasteiger partial charge in [-0.2, -0.15) is 0 Å². The summed E-state index contributed by atoms with van der Waals surface area (Å²) in [7, 11) is 0. The molecule has 1 aromatic rings. The number of alkyl halides is 1. The Morgan fingerprint density at radius 1 is 1.22 bits per heavy atom. The van der Waals surface area contributed by atoms with Crippen LogP contribution in [0.15, 0.2) is 30.3 Å². The number of hydrogen-bond acceptors (Lipinski definition) is 3. The summed E-state index contributed by atoms with van der Waals surface area (Å²) in [6, 6.07) is 9.41. The quantitative estimate of drug-likeness (QED) is 0.363. The molecule has 0 fully saturated rings. The first-order valence-electron chi connectivity index (χ1n) is 5.42. The summed E-state index contributed by atoms with van der Waals surface area (Å²) in [5.41, 5.74) is -0.677. The van der Waals surface area contributed by atoms with Crippen molar-refractivity contribution in [3.8, 4) is 0 Å². The first-order chi connectivity index (χ1) is 8.29. The number of benzene rings is 1. The summed E-state index contributed by atoms with van der Waals surface area (Å²) in [5, 5.41) is 0. The van der Waals surface area contributed by atoms with Crippen molar-refractivity contribution < 1.29 is 14.3 Å². The van der Waals surface area contributed by atoms with Gasteiger partial charge in [-0.25, -0.2) is 0 Å². The standard InChI is InChI=1S/C13H15ClO3Se/c1-13(2,3)17-12(16)10(15)11(14)18-9-7-5-4-6-8-9/h4-8,11H,1-3H3. The van der Waals surface area contributed by atoms with Gasteiger partial charge in [0.15, 0.2) is 0 Å². The molecule has 0 aliphatic carbocycles. The molecule has 1 atom stereocenters. The maximum absolute atomic E-state index is 11.7. The number of carbonyl (C=O) groups is 2. The Hall–Kier alpha value is -0.831. The zero-order chi connectivity index (χ0) is 13.8. The van der Waals surface area contributed by atoms with Gasteiger partial charge in [-0.15, -0.1) is 0 Å². The Morgan fingerprint density at radius 2 is 1.78 bits per heavy atom. The summed E-state index contributed by atoms with van der Waals surface area (Å²) in [4.78, 5) is 23.3.